The summed E-state index contributed by atoms with van der Waals surface area (Å²) in [5.41, 5.74) is 1.58. The molecule has 1 heterocycles. The van der Waals surface area contributed by atoms with Crippen molar-refractivity contribution in [3.8, 4) is 0 Å². The van der Waals surface area contributed by atoms with Crippen LogP contribution in [0.1, 0.15) is 11.3 Å². The first-order valence-electron chi connectivity index (χ1n) is 9.41. The highest BCUT2D eigenvalue weighted by Crippen LogP contribution is 2.36. The molecular weight excluding hydrogens is 380 g/mol. The molecule has 29 heavy (non-hydrogen) atoms. The Morgan fingerprint density at radius 1 is 0.690 bits per heavy atom. The van der Waals surface area contributed by atoms with Crippen LogP contribution in [0.4, 0.5) is 0 Å². The molecule has 0 unspecified atom stereocenters. The lowest BCUT2D eigenvalue weighted by Gasteiger charge is -2.08. The zero-order valence-corrected chi connectivity index (χ0v) is 16.4. The van der Waals surface area contributed by atoms with Crippen molar-refractivity contribution in [3.05, 3.63) is 108 Å². The van der Waals surface area contributed by atoms with Crippen molar-refractivity contribution in [1.29, 1.82) is 0 Å². The van der Waals surface area contributed by atoms with Crippen molar-refractivity contribution in [2.45, 2.75) is 16.2 Å². The lowest BCUT2D eigenvalue weighted by atomic mass is 10.1. The summed E-state index contributed by atoms with van der Waals surface area (Å²) in [6, 6.07) is 30.1. The van der Waals surface area contributed by atoms with E-state index in [0.717, 1.165) is 16.3 Å². The second-order valence-corrected chi connectivity index (χ2v) is 8.91. The van der Waals surface area contributed by atoms with Gasteiger partial charge in [0.05, 0.1) is 4.90 Å². The predicted molar refractivity (Wildman–Crippen MR) is 115 cm³/mol. The fourth-order valence-corrected chi connectivity index (χ4v) is 5.35. The number of sulfone groups is 1. The Morgan fingerprint density at radius 2 is 1.38 bits per heavy atom. The van der Waals surface area contributed by atoms with E-state index in [9.17, 15) is 8.42 Å². The van der Waals surface area contributed by atoms with E-state index in [1.165, 1.54) is 0 Å². The standard InChI is InChI=1S/C25H18O3S/c26-29(27,21-15-14-19-10-4-5-11-20(19)17-21)25-22-12-6-7-13-23(22)28-24(25)16-18-8-2-1-3-9-18/h1-15,17H,16H2. The van der Waals surface area contributed by atoms with Gasteiger partial charge in [0.25, 0.3) is 0 Å². The van der Waals surface area contributed by atoms with Gasteiger partial charge >= 0.3 is 0 Å². The number of hydrogen-bond acceptors (Lipinski definition) is 3. The summed E-state index contributed by atoms with van der Waals surface area (Å²) in [5.74, 6) is 0.463. The van der Waals surface area contributed by atoms with Crippen molar-refractivity contribution in [1.82, 2.24) is 0 Å². The maximum Gasteiger partial charge on any atom is 0.210 e. The molecular formula is C25H18O3S. The molecule has 5 aromatic rings. The molecule has 142 valence electrons. The third kappa shape index (κ3) is 3.12. The Morgan fingerprint density at radius 3 is 2.21 bits per heavy atom. The Labute approximate surface area is 169 Å². The largest absolute Gasteiger partial charge is 0.459 e. The van der Waals surface area contributed by atoms with Gasteiger partial charge in [0.2, 0.25) is 9.84 Å². The number of hydrogen-bond donors (Lipinski definition) is 0. The summed E-state index contributed by atoms with van der Waals surface area (Å²) in [6.07, 6.45) is 0.414. The van der Waals surface area contributed by atoms with Crippen LogP contribution >= 0.6 is 0 Å². The first-order valence-corrected chi connectivity index (χ1v) is 10.9. The summed E-state index contributed by atoms with van der Waals surface area (Å²) < 4.78 is 33.4. The molecule has 0 saturated heterocycles. The van der Waals surface area contributed by atoms with Gasteiger partial charge in [-0.15, -0.1) is 0 Å². The third-order valence-electron chi connectivity index (χ3n) is 5.13. The average molecular weight is 398 g/mol. The topological polar surface area (TPSA) is 47.3 Å². The van der Waals surface area contributed by atoms with Gasteiger partial charge in [0.1, 0.15) is 16.2 Å². The van der Waals surface area contributed by atoms with Crippen molar-refractivity contribution >= 4 is 31.6 Å². The van der Waals surface area contributed by atoms with Gasteiger partial charge in [-0.3, -0.25) is 0 Å². The molecule has 4 aromatic carbocycles. The van der Waals surface area contributed by atoms with E-state index in [1.807, 2.05) is 78.9 Å². The van der Waals surface area contributed by atoms with E-state index in [0.29, 0.717) is 23.2 Å². The number of fused-ring (bicyclic) bond motifs is 2. The minimum atomic E-state index is -3.76. The molecule has 3 nitrogen and oxygen atoms in total. The van der Waals surface area contributed by atoms with E-state index in [2.05, 4.69) is 0 Å². The normalized spacial score (nSPS) is 11.9. The van der Waals surface area contributed by atoms with Crippen LogP contribution in [0.3, 0.4) is 0 Å². The van der Waals surface area contributed by atoms with Crippen LogP contribution in [0, 0.1) is 0 Å². The summed E-state index contributed by atoms with van der Waals surface area (Å²) in [5, 5.41) is 2.52. The quantitative estimate of drug-likeness (QED) is 0.372. The SMILES string of the molecule is O=S(=O)(c1ccc2ccccc2c1)c1c(Cc2ccccc2)oc2ccccc12. The zero-order chi connectivity index (χ0) is 19.8. The van der Waals surface area contributed by atoms with E-state index >= 15 is 0 Å². The molecule has 0 fully saturated rings. The third-order valence-corrected chi connectivity index (χ3v) is 6.99. The predicted octanol–water partition coefficient (Wildman–Crippen LogP) is 6.01. The van der Waals surface area contributed by atoms with Crippen LogP contribution in [0.15, 0.2) is 111 Å². The van der Waals surface area contributed by atoms with Crippen LogP contribution in [0.2, 0.25) is 0 Å². The molecule has 1 aromatic heterocycles. The van der Waals surface area contributed by atoms with Gasteiger partial charge in [-0.25, -0.2) is 8.42 Å². The van der Waals surface area contributed by atoms with Gasteiger partial charge < -0.3 is 4.42 Å². The molecule has 0 radical (unpaired) electrons. The Balaban J connectivity index is 1.72. The summed E-state index contributed by atoms with van der Waals surface area (Å²) >= 11 is 0. The molecule has 0 aliphatic rings. The number of rotatable bonds is 4. The molecule has 0 aliphatic carbocycles. The molecule has 4 heteroatoms. The van der Waals surface area contributed by atoms with Gasteiger partial charge in [-0.2, -0.15) is 0 Å². The maximum absolute atomic E-state index is 13.7. The lowest BCUT2D eigenvalue weighted by Crippen LogP contribution is -2.05. The number of para-hydroxylation sites is 1. The fraction of sp³-hybridized carbons (Fsp3) is 0.0400. The van der Waals surface area contributed by atoms with Crippen LogP contribution in [-0.2, 0) is 16.3 Å². The van der Waals surface area contributed by atoms with Crippen LogP contribution in [0.5, 0.6) is 0 Å². The van der Waals surface area contributed by atoms with E-state index in [-0.39, 0.29) is 9.79 Å². The average Bonchev–Trinajstić information content (AvgIpc) is 3.12. The highest BCUT2D eigenvalue weighted by Gasteiger charge is 2.28. The molecule has 0 amide bonds. The second kappa shape index (κ2) is 6.90. The van der Waals surface area contributed by atoms with Crippen molar-refractivity contribution in [2.24, 2.45) is 0 Å². The van der Waals surface area contributed by atoms with Crippen LogP contribution in [-0.4, -0.2) is 8.42 Å². The fourth-order valence-electron chi connectivity index (χ4n) is 3.72. The highest BCUT2D eigenvalue weighted by molar-refractivity contribution is 7.91. The monoisotopic (exact) mass is 398 g/mol. The van der Waals surface area contributed by atoms with E-state index < -0.39 is 9.84 Å². The van der Waals surface area contributed by atoms with Crippen LogP contribution in [0.25, 0.3) is 21.7 Å². The lowest BCUT2D eigenvalue weighted by molar-refractivity contribution is 0.543. The first-order chi connectivity index (χ1) is 14.1. The van der Waals surface area contributed by atoms with Gasteiger partial charge in [0.15, 0.2) is 0 Å². The molecule has 0 aliphatic heterocycles. The molecule has 0 spiro atoms. The molecule has 0 bridgehead atoms. The number of benzene rings is 4. The Hall–Kier alpha value is -3.37. The van der Waals surface area contributed by atoms with Crippen molar-refractivity contribution < 1.29 is 12.8 Å². The smallest absolute Gasteiger partial charge is 0.210 e. The van der Waals surface area contributed by atoms with Gasteiger partial charge in [-0.1, -0.05) is 72.8 Å². The summed E-state index contributed by atoms with van der Waals surface area (Å²) in [4.78, 5) is 0.532. The van der Waals surface area contributed by atoms with Gasteiger partial charge in [-0.05, 0) is 40.6 Å². The van der Waals surface area contributed by atoms with Crippen LogP contribution < -0.4 is 0 Å². The second-order valence-electron chi connectivity index (χ2n) is 7.03. The number of furan rings is 1. The highest BCUT2D eigenvalue weighted by atomic mass is 32.2. The van der Waals surface area contributed by atoms with E-state index in [1.54, 1.807) is 18.2 Å². The van der Waals surface area contributed by atoms with Crippen molar-refractivity contribution in [2.75, 3.05) is 0 Å². The summed E-state index contributed by atoms with van der Waals surface area (Å²) in [6.45, 7) is 0. The minimum Gasteiger partial charge on any atom is -0.459 e. The maximum atomic E-state index is 13.7. The Kier molecular flexibility index (Phi) is 4.22. The van der Waals surface area contributed by atoms with Crippen molar-refractivity contribution in [3.63, 3.8) is 0 Å². The summed E-state index contributed by atoms with van der Waals surface area (Å²) in [7, 11) is -3.76. The zero-order valence-electron chi connectivity index (χ0n) is 15.6. The first kappa shape index (κ1) is 17.7. The molecule has 0 N–H and O–H groups in total. The van der Waals surface area contributed by atoms with E-state index in [4.69, 9.17) is 4.42 Å². The Bertz CT molecular complexity index is 1430. The molecule has 0 atom stereocenters. The van der Waals surface area contributed by atoms with Gasteiger partial charge in [0, 0.05) is 11.8 Å². The molecule has 0 saturated carbocycles. The minimum absolute atomic E-state index is 0.257. The molecule has 5 rings (SSSR count).